The summed E-state index contributed by atoms with van der Waals surface area (Å²) in [6.07, 6.45) is 48.2. The maximum Gasteiger partial charge on any atom is 0.472 e. The molecule has 9 nitrogen and oxygen atoms in total. The van der Waals surface area contributed by atoms with Gasteiger partial charge in [-0.15, -0.1) is 0 Å². The second-order valence-corrected chi connectivity index (χ2v) is 15.7. The van der Waals surface area contributed by atoms with Gasteiger partial charge in [-0.05, 0) is 83.5 Å². The maximum atomic E-state index is 12.6. The van der Waals surface area contributed by atoms with Crippen molar-refractivity contribution in [3.05, 3.63) is 60.8 Å². The molecule has 1 unspecified atom stereocenters. The molecule has 0 radical (unpaired) electrons. The highest BCUT2D eigenvalue weighted by Gasteiger charge is 2.26. The van der Waals surface area contributed by atoms with Crippen LogP contribution in [0, 0.1) is 0 Å². The van der Waals surface area contributed by atoms with Crippen LogP contribution in [0.1, 0.15) is 181 Å². The molecule has 3 N–H and O–H groups in total. The van der Waals surface area contributed by atoms with Gasteiger partial charge in [0.2, 0.25) is 0 Å². The van der Waals surface area contributed by atoms with Crippen molar-refractivity contribution in [2.75, 3.05) is 26.4 Å². The van der Waals surface area contributed by atoms with Crippen LogP contribution in [0.3, 0.4) is 0 Å². The lowest BCUT2D eigenvalue weighted by atomic mass is 10.1. The lowest BCUT2D eigenvalue weighted by Crippen LogP contribution is -2.29. The zero-order valence-electron chi connectivity index (χ0n) is 34.9. The summed E-state index contributed by atoms with van der Waals surface area (Å²) in [6, 6.07) is 0. The summed E-state index contributed by atoms with van der Waals surface area (Å²) in [6.45, 7) is 3.62. The number of carbonyl (C=O) groups is 2. The largest absolute Gasteiger partial charge is 0.472 e. The van der Waals surface area contributed by atoms with Crippen molar-refractivity contribution < 1.29 is 37.6 Å². The topological polar surface area (TPSA) is 134 Å². The molecule has 0 aromatic rings. The Morgan fingerprint density at radius 3 is 1.44 bits per heavy atom. The predicted molar refractivity (Wildman–Crippen MR) is 229 cm³/mol. The highest BCUT2D eigenvalue weighted by molar-refractivity contribution is 7.47. The first-order valence-electron chi connectivity index (χ1n) is 21.8. The summed E-state index contributed by atoms with van der Waals surface area (Å²) in [4.78, 5) is 34.9. The highest BCUT2D eigenvalue weighted by Crippen LogP contribution is 2.43. The maximum absolute atomic E-state index is 12.6. The molecule has 0 saturated heterocycles. The SMILES string of the molecule is CCCCC/C=C\C/C=C\C/C=C\CCCCC(=O)OC[C@H](COP(=O)(O)OCCN)OC(=O)CCCCCCCCCCC/C=C\C/C=C\CCCCC. The number of rotatable bonds is 40. The van der Waals surface area contributed by atoms with Gasteiger partial charge in [-0.2, -0.15) is 0 Å². The zero-order chi connectivity index (χ0) is 40.3. The summed E-state index contributed by atoms with van der Waals surface area (Å²) >= 11 is 0. The van der Waals surface area contributed by atoms with Crippen LogP contribution in [-0.4, -0.2) is 49.3 Å². The number of nitrogens with two attached hydrogens (primary N) is 1. The van der Waals surface area contributed by atoms with Crippen molar-refractivity contribution in [1.82, 2.24) is 0 Å². The van der Waals surface area contributed by atoms with E-state index in [-0.39, 0.29) is 32.6 Å². The average Bonchev–Trinajstić information content (AvgIpc) is 3.17. The number of allylic oxidation sites excluding steroid dienone is 10. The molecular formula is C45H80NO8P. The van der Waals surface area contributed by atoms with Crippen LogP contribution in [0.5, 0.6) is 0 Å². The van der Waals surface area contributed by atoms with Crippen molar-refractivity contribution >= 4 is 19.8 Å². The summed E-state index contributed by atoms with van der Waals surface area (Å²) in [7, 11) is -4.39. The molecule has 0 aliphatic heterocycles. The van der Waals surface area contributed by atoms with Gasteiger partial charge in [0.25, 0.3) is 0 Å². The average molecular weight is 794 g/mol. The molecule has 318 valence electrons. The Bertz CT molecular complexity index is 1090. The van der Waals surface area contributed by atoms with Crippen molar-refractivity contribution in [3.63, 3.8) is 0 Å². The molecule has 0 saturated carbocycles. The van der Waals surface area contributed by atoms with E-state index in [9.17, 15) is 19.0 Å². The summed E-state index contributed by atoms with van der Waals surface area (Å²) in [5, 5.41) is 0. The van der Waals surface area contributed by atoms with Crippen LogP contribution in [0.25, 0.3) is 0 Å². The molecule has 0 bridgehead atoms. The zero-order valence-corrected chi connectivity index (χ0v) is 35.8. The fraction of sp³-hybridized carbons (Fsp3) is 0.733. The minimum Gasteiger partial charge on any atom is -0.462 e. The van der Waals surface area contributed by atoms with E-state index in [1.165, 1.54) is 77.0 Å². The molecule has 0 aliphatic carbocycles. The van der Waals surface area contributed by atoms with E-state index < -0.39 is 32.5 Å². The number of hydrogen-bond donors (Lipinski definition) is 2. The molecule has 0 aromatic heterocycles. The Hall–Kier alpha value is -2.29. The summed E-state index contributed by atoms with van der Waals surface area (Å²) < 4.78 is 32.7. The molecule has 2 atom stereocenters. The van der Waals surface area contributed by atoms with Gasteiger partial charge >= 0.3 is 19.8 Å². The fourth-order valence-electron chi connectivity index (χ4n) is 5.61. The number of unbranched alkanes of at least 4 members (excludes halogenated alkanes) is 17. The lowest BCUT2D eigenvalue weighted by molar-refractivity contribution is -0.161. The van der Waals surface area contributed by atoms with E-state index in [2.05, 4.69) is 74.6 Å². The first kappa shape index (κ1) is 52.7. The molecule has 10 heteroatoms. The number of hydrogen-bond acceptors (Lipinski definition) is 8. The molecule has 0 aromatic carbocycles. The second-order valence-electron chi connectivity index (χ2n) is 14.2. The smallest absolute Gasteiger partial charge is 0.462 e. The van der Waals surface area contributed by atoms with Crippen LogP contribution < -0.4 is 5.73 Å². The van der Waals surface area contributed by atoms with Gasteiger partial charge in [-0.3, -0.25) is 18.6 Å². The quantitative estimate of drug-likeness (QED) is 0.0269. The van der Waals surface area contributed by atoms with Crippen LogP contribution >= 0.6 is 7.82 Å². The van der Waals surface area contributed by atoms with Gasteiger partial charge in [-0.25, -0.2) is 4.57 Å². The first-order chi connectivity index (χ1) is 26.8. The van der Waals surface area contributed by atoms with Crippen LogP contribution in [0.15, 0.2) is 60.8 Å². The lowest BCUT2D eigenvalue weighted by Gasteiger charge is -2.19. The standard InChI is InChI=1S/C45H80NO8P/c1-3-5-7-9-11-13-15-17-19-20-21-22-24-26-28-30-32-34-36-38-45(48)54-43(42-53-55(49,50)52-40-39-46)41-51-44(47)37-35-33-31-29-27-25-23-18-16-14-12-10-8-6-4-2/h11-14,17-19,23,27,29,43H,3-10,15-16,20-22,24-26,28,30-42,46H2,1-2H3,(H,49,50)/b13-11-,14-12-,19-17-,23-18-,29-27-/t43-/m1/s1. The Kier molecular flexibility index (Phi) is 39.6. The normalized spacial score (nSPS) is 13.9. The fourth-order valence-corrected chi connectivity index (χ4v) is 6.38. The number of phosphoric acid groups is 1. The van der Waals surface area contributed by atoms with Crippen molar-refractivity contribution in [2.45, 2.75) is 187 Å². The van der Waals surface area contributed by atoms with Gasteiger partial charge in [-0.1, -0.05) is 145 Å². The number of phosphoric ester groups is 1. The van der Waals surface area contributed by atoms with Crippen LogP contribution in [0.4, 0.5) is 0 Å². The molecule has 0 fully saturated rings. The van der Waals surface area contributed by atoms with Crippen LogP contribution in [0.2, 0.25) is 0 Å². The van der Waals surface area contributed by atoms with Gasteiger partial charge < -0.3 is 20.1 Å². The number of esters is 2. The molecular weight excluding hydrogens is 713 g/mol. The molecule has 0 aliphatic rings. The molecule has 55 heavy (non-hydrogen) atoms. The van der Waals surface area contributed by atoms with E-state index in [4.69, 9.17) is 24.3 Å². The minimum atomic E-state index is -4.39. The van der Waals surface area contributed by atoms with Crippen molar-refractivity contribution in [2.24, 2.45) is 5.73 Å². The van der Waals surface area contributed by atoms with Crippen molar-refractivity contribution in [1.29, 1.82) is 0 Å². The predicted octanol–water partition coefficient (Wildman–Crippen LogP) is 12.5. The molecule has 0 spiro atoms. The van der Waals surface area contributed by atoms with E-state index in [1.807, 2.05) is 0 Å². The van der Waals surface area contributed by atoms with Gasteiger partial charge in [0.15, 0.2) is 6.10 Å². The minimum absolute atomic E-state index is 0.0451. The molecule has 0 heterocycles. The molecule has 0 rings (SSSR count). The van der Waals surface area contributed by atoms with Gasteiger partial charge in [0.1, 0.15) is 6.61 Å². The Morgan fingerprint density at radius 1 is 0.545 bits per heavy atom. The van der Waals surface area contributed by atoms with Crippen molar-refractivity contribution in [3.8, 4) is 0 Å². The first-order valence-corrected chi connectivity index (χ1v) is 23.3. The second kappa shape index (κ2) is 41.3. The molecule has 0 amide bonds. The van der Waals surface area contributed by atoms with E-state index in [0.29, 0.717) is 12.8 Å². The Balaban J connectivity index is 4.21. The summed E-state index contributed by atoms with van der Waals surface area (Å²) in [5.41, 5.74) is 5.34. The van der Waals surface area contributed by atoms with Crippen LogP contribution in [-0.2, 0) is 32.7 Å². The van der Waals surface area contributed by atoms with E-state index in [0.717, 1.165) is 64.2 Å². The Morgan fingerprint density at radius 2 is 0.945 bits per heavy atom. The third-order valence-corrected chi connectivity index (χ3v) is 9.86. The van der Waals surface area contributed by atoms with E-state index >= 15 is 0 Å². The number of carbonyl (C=O) groups excluding carboxylic acids is 2. The third-order valence-electron chi connectivity index (χ3n) is 8.88. The monoisotopic (exact) mass is 794 g/mol. The Labute approximate surface area is 336 Å². The van der Waals surface area contributed by atoms with Gasteiger partial charge in [0, 0.05) is 19.4 Å². The van der Waals surface area contributed by atoms with E-state index in [1.54, 1.807) is 0 Å². The number of ether oxygens (including phenoxy) is 2. The highest BCUT2D eigenvalue weighted by atomic mass is 31.2. The summed E-state index contributed by atoms with van der Waals surface area (Å²) in [5.74, 6) is -0.881. The van der Waals surface area contributed by atoms with Gasteiger partial charge in [0.05, 0.1) is 13.2 Å². The third kappa shape index (κ3) is 41.2.